The SMILES string of the molecule is [C-]#[N+]c1cc(CP(=O)(OCC)OCC)c(C#N)cc1C(OCC)(OCC)P=O. The molecule has 0 radical (unpaired) electrons. The van der Waals surface area contributed by atoms with Crippen molar-refractivity contribution in [2.24, 2.45) is 0 Å². The lowest BCUT2D eigenvalue weighted by molar-refractivity contribution is -0.176. The Morgan fingerprint density at radius 2 is 1.71 bits per heavy atom. The fraction of sp³-hybridized carbons (Fsp3) is 0.556. The smallest absolute Gasteiger partial charge is 0.334 e. The minimum Gasteiger partial charge on any atom is -0.338 e. The van der Waals surface area contributed by atoms with Crippen LogP contribution < -0.4 is 0 Å². The Labute approximate surface area is 167 Å². The van der Waals surface area contributed by atoms with Crippen molar-refractivity contribution in [1.29, 1.82) is 5.26 Å². The van der Waals surface area contributed by atoms with Crippen LogP contribution in [0.4, 0.5) is 5.69 Å². The highest BCUT2D eigenvalue weighted by Gasteiger charge is 2.39. The maximum atomic E-state index is 12.9. The van der Waals surface area contributed by atoms with Crippen molar-refractivity contribution < 1.29 is 27.7 Å². The van der Waals surface area contributed by atoms with E-state index in [4.69, 9.17) is 25.1 Å². The van der Waals surface area contributed by atoms with Crippen molar-refractivity contribution in [3.8, 4) is 6.07 Å². The van der Waals surface area contributed by atoms with Gasteiger partial charge in [-0.05, 0) is 39.3 Å². The van der Waals surface area contributed by atoms with Crippen LogP contribution in [0.15, 0.2) is 12.1 Å². The highest BCUT2D eigenvalue weighted by Crippen LogP contribution is 2.53. The molecule has 0 N–H and O–H groups in total. The lowest BCUT2D eigenvalue weighted by atomic mass is 10.0. The molecular formula is C18H24N2O6P2. The van der Waals surface area contributed by atoms with E-state index >= 15 is 0 Å². The molecule has 0 fully saturated rings. The highest BCUT2D eigenvalue weighted by molar-refractivity contribution is 7.53. The molecule has 0 saturated carbocycles. The molecular weight excluding hydrogens is 402 g/mol. The molecule has 1 rings (SSSR count). The summed E-state index contributed by atoms with van der Waals surface area (Å²) in [6.45, 7) is 15.0. The number of hydrogen-bond donors (Lipinski definition) is 0. The van der Waals surface area contributed by atoms with Crippen LogP contribution in [0.2, 0.25) is 0 Å². The van der Waals surface area contributed by atoms with Crippen molar-refractivity contribution in [2.45, 2.75) is 39.4 Å². The Kier molecular flexibility index (Phi) is 9.93. The summed E-state index contributed by atoms with van der Waals surface area (Å²) in [5.74, 6) is 0. The van der Waals surface area contributed by atoms with E-state index in [1.165, 1.54) is 12.1 Å². The van der Waals surface area contributed by atoms with E-state index in [0.717, 1.165) is 0 Å². The third-order valence-electron chi connectivity index (χ3n) is 3.62. The summed E-state index contributed by atoms with van der Waals surface area (Å²) in [6, 6.07) is 4.83. The van der Waals surface area contributed by atoms with E-state index < -0.39 is 21.6 Å². The number of rotatable bonds is 12. The lowest BCUT2D eigenvalue weighted by Crippen LogP contribution is -2.27. The first kappa shape index (κ1) is 24.4. The highest BCUT2D eigenvalue weighted by atomic mass is 31.2. The number of nitriles is 1. The average molecular weight is 426 g/mol. The predicted molar refractivity (Wildman–Crippen MR) is 105 cm³/mol. The van der Waals surface area contributed by atoms with Gasteiger partial charge >= 0.3 is 7.60 Å². The Balaban J connectivity index is 3.59. The molecule has 0 unspecified atom stereocenters. The molecule has 0 spiro atoms. The van der Waals surface area contributed by atoms with Gasteiger partial charge in [0, 0.05) is 18.8 Å². The van der Waals surface area contributed by atoms with Gasteiger partial charge in [0.1, 0.15) is 0 Å². The van der Waals surface area contributed by atoms with Crippen LogP contribution in [0.3, 0.4) is 0 Å². The van der Waals surface area contributed by atoms with Crippen LogP contribution in [0.1, 0.15) is 44.4 Å². The van der Waals surface area contributed by atoms with Crippen molar-refractivity contribution in [2.75, 3.05) is 26.4 Å². The van der Waals surface area contributed by atoms with Crippen molar-refractivity contribution >= 4 is 21.7 Å². The van der Waals surface area contributed by atoms with Crippen molar-refractivity contribution in [3.05, 3.63) is 40.2 Å². The molecule has 0 heterocycles. The van der Waals surface area contributed by atoms with E-state index in [-0.39, 0.29) is 49.4 Å². The van der Waals surface area contributed by atoms with Gasteiger partial charge in [0.2, 0.25) is 8.46 Å². The number of nitrogens with zero attached hydrogens (tertiary/aromatic N) is 2. The standard InChI is InChI=1S/C18H24N2O6P2/c1-6-23-18(27-21,24-7-2)16-10-14(12-19)15(11-17(16)20-5)13-28(22,25-8-3)26-9-4/h10-11H,6-9,13H2,1-4H3. The molecule has 0 saturated heterocycles. The van der Waals surface area contributed by atoms with Crippen LogP contribution in [0, 0.1) is 17.9 Å². The molecule has 0 aromatic heterocycles. The number of ether oxygens (including phenoxy) is 2. The normalized spacial score (nSPS) is 11.9. The van der Waals surface area contributed by atoms with Gasteiger partial charge in [0.05, 0.1) is 37.6 Å². The maximum absolute atomic E-state index is 12.9. The second-order valence-electron chi connectivity index (χ2n) is 5.39. The first-order valence-electron chi connectivity index (χ1n) is 8.84. The molecule has 10 heteroatoms. The quantitative estimate of drug-likeness (QED) is 0.252. The van der Waals surface area contributed by atoms with Gasteiger partial charge in [-0.3, -0.25) is 9.13 Å². The van der Waals surface area contributed by atoms with Crippen LogP contribution in [-0.4, -0.2) is 26.4 Å². The molecule has 0 aliphatic heterocycles. The molecule has 28 heavy (non-hydrogen) atoms. The fourth-order valence-electron chi connectivity index (χ4n) is 2.63. The number of hydrogen-bond acceptors (Lipinski definition) is 7. The van der Waals surface area contributed by atoms with E-state index in [1.807, 2.05) is 6.07 Å². The molecule has 0 aliphatic rings. The fourth-order valence-corrected chi connectivity index (χ4v) is 5.00. The third kappa shape index (κ3) is 5.69. The minimum absolute atomic E-state index is 0.0822. The summed E-state index contributed by atoms with van der Waals surface area (Å²) >= 11 is 0. The molecule has 1 aromatic rings. The van der Waals surface area contributed by atoms with Gasteiger partial charge in [0.25, 0.3) is 5.53 Å². The monoisotopic (exact) mass is 426 g/mol. The van der Waals surface area contributed by atoms with Crippen molar-refractivity contribution in [3.63, 3.8) is 0 Å². The lowest BCUT2D eigenvalue weighted by Gasteiger charge is -2.28. The molecule has 8 nitrogen and oxygen atoms in total. The molecule has 1 aromatic carbocycles. The molecule has 0 aliphatic carbocycles. The molecule has 0 bridgehead atoms. The maximum Gasteiger partial charge on any atom is 0.334 e. The van der Waals surface area contributed by atoms with E-state index in [1.54, 1.807) is 27.7 Å². The summed E-state index contributed by atoms with van der Waals surface area (Å²) in [5.41, 5.74) is -0.956. The summed E-state index contributed by atoms with van der Waals surface area (Å²) < 4.78 is 46.5. The zero-order valence-electron chi connectivity index (χ0n) is 16.4. The Hall–Kier alpha value is -1.63. The topological polar surface area (TPSA) is 99.2 Å². The largest absolute Gasteiger partial charge is 0.338 e. The minimum atomic E-state index is -3.48. The van der Waals surface area contributed by atoms with Gasteiger partial charge < -0.3 is 18.5 Å². The summed E-state index contributed by atoms with van der Waals surface area (Å²) in [5, 5.41) is 9.60. The van der Waals surface area contributed by atoms with Crippen LogP contribution in [0.5, 0.6) is 0 Å². The van der Waals surface area contributed by atoms with Crippen LogP contribution in [0.25, 0.3) is 4.85 Å². The van der Waals surface area contributed by atoms with Crippen LogP contribution in [-0.2, 0) is 39.3 Å². The zero-order chi connectivity index (χ0) is 21.2. The summed E-state index contributed by atoms with van der Waals surface area (Å²) in [4.78, 5) is 3.47. The third-order valence-corrected chi connectivity index (χ3v) is 6.39. The first-order chi connectivity index (χ1) is 13.4. The van der Waals surface area contributed by atoms with E-state index in [0.29, 0.717) is 5.56 Å². The van der Waals surface area contributed by atoms with Gasteiger partial charge in [-0.1, -0.05) is 6.07 Å². The van der Waals surface area contributed by atoms with Gasteiger partial charge in [-0.25, -0.2) is 4.85 Å². The van der Waals surface area contributed by atoms with Gasteiger partial charge in [-0.15, -0.1) is 0 Å². The molecule has 152 valence electrons. The average Bonchev–Trinajstić information content (AvgIpc) is 2.67. The Bertz CT molecular complexity index is 800. The first-order valence-corrected chi connectivity index (χ1v) is 11.4. The molecule has 0 atom stereocenters. The van der Waals surface area contributed by atoms with Gasteiger partial charge in [-0.2, -0.15) is 5.26 Å². The van der Waals surface area contributed by atoms with Crippen molar-refractivity contribution in [1.82, 2.24) is 0 Å². The van der Waals surface area contributed by atoms with E-state index in [9.17, 15) is 14.4 Å². The van der Waals surface area contributed by atoms with E-state index in [2.05, 4.69) is 4.85 Å². The second-order valence-corrected chi connectivity index (χ2v) is 8.22. The summed E-state index contributed by atoms with van der Waals surface area (Å²) in [6.07, 6.45) is -0.161. The Morgan fingerprint density at radius 3 is 2.11 bits per heavy atom. The summed E-state index contributed by atoms with van der Waals surface area (Å²) in [7, 11) is -3.98. The molecule has 0 amide bonds. The predicted octanol–water partition coefficient (Wildman–Crippen LogP) is 5.35. The zero-order valence-corrected chi connectivity index (χ0v) is 18.2. The van der Waals surface area contributed by atoms with Gasteiger partial charge in [0.15, 0.2) is 5.69 Å². The van der Waals surface area contributed by atoms with Crippen LogP contribution >= 0.6 is 16.1 Å². The number of benzene rings is 1. The Morgan fingerprint density at radius 1 is 1.14 bits per heavy atom. The second kappa shape index (κ2) is 11.4.